The minimum absolute atomic E-state index is 0. The predicted octanol–water partition coefficient (Wildman–Crippen LogP) is 32.6. The minimum atomic E-state index is -4.53. The summed E-state index contributed by atoms with van der Waals surface area (Å²) in [5, 5.41) is 5.80. The largest absolute Gasteiger partial charge is 2.00 e. The van der Waals surface area contributed by atoms with E-state index in [0.717, 1.165) is 194 Å². The molecule has 12 nitrogen and oxygen atoms in total. The second kappa shape index (κ2) is 72.3. The van der Waals surface area contributed by atoms with Gasteiger partial charge in [0.2, 0.25) is 0 Å². The van der Waals surface area contributed by atoms with Gasteiger partial charge in [0.1, 0.15) is 40.5 Å². The Kier molecular flexibility index (Phi) is 67.3. The van der Waals surface area contributed by atoms with Gasteiger partial charge in [-0.1, -0.05) is 485 Å². The smallest absolute Gasteiger partial charge is 0.744 e. The van der Waals surface area contributed by atoms with Crippen LogP contribution in [0.3, 0.4) is 0 Å². The van der Waals surface area contributed by atoms with Gasteiger partial charge in [-0.2, -0.15) is 0 Å². The number of unbranched alkanes of at least 4 members (excludes halogenated alkanes) is 48. The number of fused-ring (bicyclic) bond motifs is 4. The van der Waals surface area contributed by atoms with E-state index in [-0.39, 0.29) is 95.1 Å². The van der Waals surface area contributed by atoms with Gasteiger partial charge in [0.05, 0.1) is 19.6 Å². The Morgan fingerprint density at radius 2 is 0.300 bits per heavy atom. The van der Waals surface area contributed by atoms with Crippen molar-refractivity contribution >= 4 is 159 Å². The molecule has 0 heterocycles. The molecule has 0 aromatic heterocycles. The Morgan fingerprint density at radius 3 is 0.438 bits per heavy atom. The van der Waals surface area contributed by atoms with Gasteiger partial charge in [-0.05, 0) is 190 Å². The molecule has 8 aromatic carbocycles. The fourth-order valence-corrected chi connectivity index (χ4v) is 22.9. The maximum Gasteiger partial charge on any atom is 2.00 e. The maximum atomic E-state index is 12.3. The van der Waals surface area contributed by atoms with E-state index in [1.807, 2.05) is 72.8 Å². The molecule has 0 amide bonds. The molecule has 8 rings (SSSR count). The van der Waals surface area contributed by atoms with Crippen LogP contribution in [0.2, 0.25) is 0 Å². The van der Waals surface area contributed by atoms with Crippen LogP contribution >= 0.6 is 0 Å². The van der Waals surface area contributed by atoms with E-state index >= 15 is 0 Å². The van der Waals surface area contributed by atoms with E-state index in [1.165, 1.54) is 257 Å². The summed E-state index contributed by atoms with van der Waals surface area (Å²) in [7, 11) is -18.1. The first-order valence-corrected chi connectivity index (χ1v) is 57.6. The van der Waals surface area contributed by atoms with Crippen molar-refractivity contribution in [3.63, 3.8) is 0 Å². The molecular weight excluding hydrogens is 1750 g/mol. The van der Waals surface area contributed by atoms with Gasteiger partial charge in [-0.3, -0.25) is 0 Å². The topological polar surface area (TPSA) is 229 Å². The summed E-state index contributed by atoms with van der Waals surface area (Å²) in [6.45, 7) is 17.8. The second-order valence-electron chi connectivity index (χ2n) is 37.0. The Balaban J connectivity index is 0.000000444. The molecule has 18 heteroatoms. The Bertz CT molecular complexity index is 4230. The van der Waals surface area contributed by atoms with Crippen LogP contribution in [0, 0.1) is 0 Å². The van der Waals surface area contributed by atoms with Crippen molar-refractivity contribution in [2.45, 2.75) is 486 Å². The number of hydrogen-bond donors (Lipinski definition) is 0. The number of rotatable bonds is 68. The normalized spacial score (nSPS) is 11.8. The van der Waals surface area contributed by atoms with Crippen LogP contribution in [0.1, 0.15) is 459 Å². The quantitative estimate of drug-likeness (QED) is 0.0197. The molecular formula is C112H172Ca2O12S4. The molecule has 0 atom stereocenters. The van der Waals surface area contributed by atoms with Gasteiger partial charge < -0.3 is 18.2 Å². The second-order valence-corrected chi connectivity index (χ2v) is 42.3. The van der Waals surface area contributed by atoms with Crippen molar-refractivity contribution in [1.82, 2.24) is 0 Å². The van der Waals surface area contributed by atoms with E-state index in [4.69, 9.17) is 0 Å². The molecule has 8 aromatic rings. The van der Waals surface area contributed by atoms with E-state index in [2.05, 4.69) is 79.7 Å². The fraction of sp³-hybridized carbons (Fsp3) is 0.643. The summed E-state index contributed by atoms with van der Waals surface area (Å²) in [4.78, 5) is 0.165. The molecule has 0 aliphatic heterocycles. The molecule has 0 aliphatic rings. The maximum absolute atomic E-state index is 12.3. The van der Waals surface area contributed by atoms with E-state index in [1.54, 1.807) is 24.3 Å². The number of benzene rings is 8. The van der Waals surface area contributed by atoms with Crippen LogP contribution in [0.5, 0.6) is 0 Å². The average Bonchev–Trinajstić information content (AvgIpc) is 0.782. The minimum Gasteiger partial charge on any atom is -0.744 e. The zero-order valence-corrected chi connectivity index (χ0v) is 90.4. The third kappa shape index (κ3) is 47.5. The molecule has 0 bridgehead atoms. The first-order valence-electron chi connectivity index (χ1n) is 51.9. The standard InChI is InChI=1S/4C28H44O3S.2Ca/c4*1-3-5-7-9-11-13-15-19-24-23-25-20-17-18-22-27(25)28(32(29,30)31)26(24)21-16-14-12-10-8-6-4-2;;/h4*17-18,20,22-23H,3-16,19,21H2,1-2H3,(H,29,30,31);;/q;;;;2*+2/p-4. The third-order valence-electron chi connectivity index (χ3n) is 26.1. The molecule has 0 spiro atoms. The van der Waals surface area contributed by atoms with Crippen LogP contribution in [0.25, 0.3) is 43.1 Å². The van der Waals surface area contributed by atoms with Crippen molar-refractivity contribution in [2.24, 2.45) is 0 Å². The average molecular weight is 1920 g/mol. The zero-order chi connectivity index (χ0) is 92.9. The van der Waals surface area contributed by atoms with Crippen molar-refractivity contribution in [2.75, 3.05) is 0 Å². The summed E-state index contributed by atoms with van der Waals surface area (Å²) in [5.41, 5.74) is 7.43. The van der Waals surface area contributed by atoms with Crippen LogP contribution in [0.15, 0.2) is 141 Å². The Morgan fingerprint density at radius 1 is 0.177 bits per heavy atom. The molecule has 0 aliphatic carbocycles. The molecule has 0 unspecified atom stereocenters. The van der Waals surface area contributed by atoms with Gasteiger partial charge in [0.25, 0.3) is 0 Å². The molecule has 0 saturated heterocycles. The Labute approximate surface area is 853 Å². The summed E-state index contributed by atoms with van der Waals surface area (Å²) in [6, 6.07) is 38.3. The van der Waals surface area contributed by atoms with Crippen molar-refractivity contribution in [3.05, 3.63) is 166 Å². The summed E-state index contributed by atoms with van der Waals surface area (Å²) in [6.07, 6.45) is 73.4. The van der Waals surface area contributed by atoms with Gasteiger partial charge in [0.15, 0.2) is 0 Å². The third-order valence-corrected chi connectivity index (χ3v) is 30.0. The van der Waals surface area contributed by atoms with Gasteiger partial charge in [-0.25, -0.2) is 33.7 Å². The van der Waals surface area contributed by atoms with Crippen molar-refractivity contribution in [1.29, 1.82) is 0 Å². The van der Waals surface area contributed by atoms with Crippen LogP contribution in [0.4, 0.5) is 0 Å². The van der Waals surface area contributed by atoms with E-state index in [9.17, 15) is 51.9 Å². The van der Waals surface area contributed by atoms with Gasteiger partial charge in [0, 0.05) is 0 Å². The molecule has 0 N–H and O–H groups in total. The Hall–Kier alpha value is -3.04. The zero-order valence-electron chi connectivity index (χ0n) is 82.7. The van der Waals surface area contributed by atoms with Crippen molar-refractivity contribution in [3.8, 4) is 0 Å². The summed E-state index contributed by atoms with van der Waals surface area (Å²) < 4.78 is 148. The first kappa shape index (κ1) is 121. The SMILES string of the molecule is CCCCCCCCCc1cc2ccccc2c(S(=O)(=O)[O-])c1CCCCCCCCC.CCCCCCCCCc1cc2ccccc2c(S(=O)(=O)[O-])c1CCCCCCCCC.CCCCCCCCCc1cc2ccccc2c(S(=O)(=O)[O-])c1CCCCCCCCC.CCCCCCCCCc1cc2ccccc2c(S(=O)(=O)[O-])c1CCCCCCCCC.[Ca+2].[Ca+2]. The number of aryl methyl sites for hydroxylation is 4. The monoisotopic (exact) mass is 1920 g/mol. The van der Waals surface area contributed by atoms with Gasteiger partial charge >= 0.3 is 75.5 Å². The van der Waals surface area contributed by atoms with E-state index < -0.39 is 40.5 Å². The molecule has 130 heavy (non-hydrogen) atoms. The molecule has 0 fully saturated rings. The van der Waals surface area contributed by atoms with Gasteiger partial charge in [-0.15, -0.1) is 0 Å². The first-order chi connectivity index (χ1) is 61.9. The number of hydrogen-bond acceptors (Lipinski definition) is 12. The van der Waals surface area contributed by atoms with Crippen LogP contribution in [-0.4, -0.2) is 127 Å². The summed E-state index contributed by atoms with van der Waals surface area (Å²) in [5.74, 6) is 0. The van der Waals surface area contributed by atoms with E-state index in [0.29, 0.717) is 47.2 Å². The molecule has 0 radical (unpaired) electrons. The van der Waals surface area contributed by atoms with Crippen molar-refractivity contribution < 1.29 is 51.9 Å². The van der Waals surface area contributed by atoms with Crippen LogP contribution < -0.4 is 0 Å². The molecule has 720 valence electrons. The van der Waals surface area contributed by atoms with Crippen LogP contribution in [-0.2, 0) is 91.8 Å². The molecule has 0 saturated carbocycles. The predicted molar refractivity (Wildman–Crippen MR) is 553 cm³/mol. The fourth-order valence-electron chi connectivity index (χ4n) is 18.9. The summed E-state index contributed by atoms with van der Waals surface area (Å²) >= 11 is 0.